The van der Waals surface area contributed by atoms with Gasteiger partial charge in [0.2, 0.25) is 0 Å². The van der Waals surface area contributed by atoms with Crippen LogP contribution in [0.1, 0.15) is 16.1 Å². The Kier molecular flexibility index (Phi) is 4.86. The van der Waals surface area contributed by atoms with Crippen LogP contribution in [0.2, 0.25) is 0 Å². The van der Waals surface area contributed by atoms with E-state index in [9.17, 15) is 4.79 Å². The molecule has 3 rings (SSSR count). The number of hydrogen-bond donors (Lipinski definition) is 2. The van der Waals surface area contributed by atoms with Crippen LogP contribution in [0.3, 0.4) is 0 Å². The van der Waals surface area contributed by atoms with E-state index in [2.05, 4.69) is 36.5 Å². The summed E-state index contributed by atoms with van der Waals surface area (Å²) in [5.41, 5.74) is 2.97. The molecule has 0 bridgehead atoms. The van der Waals surface area contributed by atoms with Gasteiger partial charge in [-0.15, -0.1) is 0 Å². The molecule has 24 heavy (non-hydrogen) atoms. The third kappa shape index (κ3) is 3.97. The fraction of sp³-hybridized carbons (Fsp3) is 0.0556. The monoisotopic (exact) mass is 382 g/mol. The van der Waals surface area contributed by atoms with E-state index < -0.39 is 0 Å². The van der Waals surface area contributed by atoms with E-state index in [0.29, 0.717) is 11.5 Å². The summed E-state index contributed by atoms with van der Waals surface area (Å²) in [6, 6.07) is 15.3. The summed E-state index contributed by atoms with van der Waals surface area (Å²) >= 11 is 3.45. The van der Waals surface area contributed by atoms with Gasteiger partial charge < -0.3 is 10.6 Å². The molecule has 0 saturated heterocycles. The first-order valence-corrected chi connectivity index (χ1v) is 8.13. The number of benzene rings is 2. The van der Waals surface area contributed by atoms with Gasteiger partial charge in [0.05, 0.1) is 12.4 Å². The molecule has 0 aliphatic rings. The number of carbonyl (C=O) groups excluding carboxylic acids is 1. The third-order valence-electron chi connectivity index (χ3n) is 3.36. The Hall–Kier alpha value is -2.73. The van der Waals surface area contributed by atoms with Crippen LogP contribution in [0.25, 0.3) is 0 Å². The molecule has 0 fully saturated rings. The number of aryl methyl sites for hydroxylation is 1. The van der Waals surface area contributed by atoms with Crippen LogP contribution in [0.15, 0.2) is 65.4 Å². The summed E-state index contributed by atoms with van der Waals surface area (Å²) in [6.45, 7) is 1.99. The van der Waals surface area contributed by atoms with Crippen LogP contribution in [0.5, 0.6) is 0 Å². The van der Waals surface area contributed by atoms with E-state index >= 15 is 0 Å². The molecule has 0 aliphatic heterocycles. The molecule has 0 aliphatic carbocycles. The zero-order valence-corrected chi connectivity index (χ0v) is 14.5. The van der Waals surface area contributed by atoms with Gasteiger partial charge in [0, 0.05) is 15.8 Å². The molecule has 120 valence electrons. The zero-order valence-electron chi connectivity index (χ0n) is 13.0. The highest BCUT2D eigenvalue weighted by molar-refractivity contribution is 9.10. The molecule has 0 atom stereocenters. The molecule has 6 heteroatoms. The van der Waals surface area contributed by atoms with Crippen LogP contribution in [-0.2, 0) is 0 Å². The summed E-state index contributed by atoms with van der Waals surface area (Å²) in [5.74, 6) is 0.278. The van der Waals surface area contributed by atoms with E-state index in [-0.39, 0.29) is 11.6 Å². The average Bonchev–Trinajstić information content (AvgIpc) is 2.60. The lowest BCUT2D eigenvalue weighted by Gasteiger charge is -2.08. The van der Waals surface area contributed by atoms with Crippen molar-refractivity contribution in [3.63, 3.8) is 0 Å². The molecule has 1 aromatic heterocycles. The van der Waals surface area contributed by atoms with Crippen molar-refractivity contribution >= 4 is 39.0 Å². The normalized spacial score (nSPS) is 10.2. The fourth-order valence-corrected chi connectivity index (χ4v) is 2.42. The molecule has 0 saturated carbocycles. The summed E-state index contributed by atoms with van der Waals surface area (Å²) in [4.78, 5) is 20.6. The van der Waals surface area contributed by atoms with E-state index in [1.165, 1.54) is 12.4 Å². The maximum absolute atomic E-state index is 12.2. The fourth-order valence-electron chi connectivity index (χ4n) is 2.04. The summed E-state index contributed by atoms with van der Waals surface area (Å²) in [7, 11) is 0. The molecular weight excluding hydrogens is 368 g/mol. The standard InChI is InChI=1S/C18H15BrN4O/c1-12-7-8-14(9-15(12)19)23-18(24)16-10-21-17(11-20-16)22-13-5-3-2-4-6-13/h2-11H,1H3,(H,21,22)(H,23,24). The summed E-state index contributed by atoms with van der Waals surface area (Å²) < 4.78 is 0.939. The Morgan fingerprint density at radius 3 is 2.46 bits per heavy atom. The van der Waals surface area contributed by atoms with Gasteiger partial charge >= 0.3 is 0 Å². The second kappa shape index (κ2) is 7.23. The first kappa shape index (κ1) is 16.1. The number of nitrogens with zero attached hydrogens (tertiary/aromatic N) is 2. The quantitative estimate of drug-likeness (QED) is 0.694. The lowest BCUT2D eigenvalue weighted by Crippen LogP contribution is -2.14. The minimum absolute atomic E-state index is 0.255. The molecule has 0 spiro atoms. The minimum atomic E-state index is -0.301. The van der Waals surface area contributed by atoms with Crippen LogP contribution >= 0.6 is 15.9 Å². The Bertz CT molecular complexity index is 851. The number of anilines is 3. The van der Waals surface area contributed by atoms with E-state index in [0.717, 1.165) is 15.7 Å². The van der Waals surface area contributed by atoms with E-state index in [4.69, 9.17) is 0 Å². The van der Waals surface area contributed by atoms with Gasteiger partial charge in [0.15, 0.2) is 0 Å². The highest BCUT2D eigenvalue weighted by Crippen LogP contribution is 2.21. The van der Waals surface area contributed by atoms with Crippen molar-refractivity contribution in [1.82, 2.24) is 9.97 Å². The van der Waals surface area contributed by atoms with Crippen molar-refractivity contribution in [3.8, 4) is 0 Å². The predicted octanol–water partition coefficient (Wildman–Crippen LogP) is 4.54. The molecular formula is C18H15BrN4O. The molecule has 2 aromatic carbocycles. The van der Waals surface area contributed by atoms with Crippen LogP contribution < -0.4 is 10.6 Å². The largest absolute Gasteiger partial charge is 0.339 e. The number of hydrogen-bond acceptors (Lipinski definition) is 4. The van der Waals surface area contributed by atoms with Crippen LogP contribution in [0.4, 0.5) is 17.2 Å². The van der Waals surface area contributed by atoms with Gasteiger partial charge in [-0.2, -0.15) is 0 Å². The number of halogens is 1. The molecule has 2 N–H and O–H groups in total. The van der Waals surface area contributed by atoms with Crippen molar-refractivity contribution in [3.05, 3.63) is 76.7 Å². The maximum atomic E-state index is 12.2. The number of nitrogens with one attached hydrogen (secondary N) is 2. The third-order valence-corrected chi connectivity index (χ3v) is 4.21. The molecule has 0 unspecified atom stereocenters. The number of rotatable bonds is 4. The zero-order chi connectivity index (χ0) is 16.9. The number of aromatic nitrogens is 2. The van der Waals surface area contributed by atoms with Crippen molar-refractivity contribution in [1.29, 1.82) is 0 Å². The number of amides is 1. The summed E-state index contributed by atoms with van der Waals surface area (Å²) in [5, 5.41) is 5.93. The highest BCUT2D eigenvalue weighted by Gasteiger charge is 2.09. The second-order valence-corrected chi connectivity index (χ2v) is 6.05. The Morgan fingerprint density at radius 1 is 1.00 bits per heavy atom. The van der Waals surface area contributed by atoms with Gasteiger partial charge in [-0.3, -0.25) is 4.79 Å². The number of para-hydroxylation sites is 1. The van der Waals surface area contributed by atoms with Gasteiger partial charge in [-0.25, -0.2) is 9.97 Å². The maximum Gasteiger partial charge on any atom is 0.275 e. The lowest BCUT2D eigenvalue weighted by molar-refractivity contribution is 0.102. The van der Waals surface area contributed by atoms with Gasteiger partial charge in [-0.1, -0.05) is 40.2 Å². The van der Waals surface area contributed by atoms with E-state index in [1.54, 1.807) is 0 Å². The van der Waals surface area contributed by atoms with Gasteiger partial charge in [-0.05, 0) is 36.8 Å². The van der Waals surface area contributed by atoms with Gasteiger partial charge in [0.25, 0.3) is 5.91 Å². The smallest absolute Gasteiger partial charge is 0.275 e. The van der Waals surface area contributed by atoms with Gasteiger partial charge in [0.1, 0.15) is 11.5 Å². The Balaban J connectivity index is 1.68. The minimum Gasteiger partial charge on any atom is -0.339 e. The SMILES string of the molecule is Cc1ccc(NC(=O)c2cnc(Nc3ccccc3)cn2)cc1Br. The lowest BCUT2D eigenvalue weighted by atomic mass is 10.2. The molecule has 3 aromatic rings. The second-order valence-electron chi connectivity index (χ2n) is 5.20. The van der Waals surface area contributed by atoms with E-state index in [1.807, 2.05) is 55.5 Å². The molecule has 1 amide bonds. The highest BCUT2D eigenvalue weighted by atomic mass is 79.9. The average molecular weight is 383 g/mol. The Labute approximate surface area is 148 Å². The van der Waals surface area contributed by atoms with Crippen molar-refractivity contribution < 1.29 is 4.79 Å². The summed E-state index contributed by atoms with van der Waals surface area (Å²) in [6.07, 6.45) is 2.98. The molecule has 0 radical (unpaired) electrons. The van der Waals surface area contributed by atoms with Crippen molar-refractivity contribution in [2.75, 3.05) is 10.6 Å². The first-order valence-electron chi connectivity index (χ1n) is 7.33. The first-order chi connectivity index (χ1) is 11.6. The molecule has 5 nitrogen and oxygen atoms in total. The van der Waals surface area contributed by atoms with Crippen LogP contribution in [-0.4, -0.2) is 15.9 Å². The predicted molar refractivity (Wildman–Crippen MR) is 98.6 cm³/mol. The topological polar surface area (TPSA) is 66.9 Å². The number of carbonyl (C=O) groups is 1. The molecule has 1 heterocycles. The van der Waals surface area contributed by atoms with Crippen molar-refractivity contribution in [2.45, 2.75) is 6.92 Å². The van der Waals surface area contributed by atoms with Crippen LogP contribution in [0, 0.1) is 6.92 Å². The Morgan fingerprint density at radius 2 is 1.79 bits per heavy atom. The van der Waals surface area contributed by atoms with Crippen molar-refractivity contribution in [2.24, 2.45) is 0 Å².